The lowest BCUT2D eigenvalue weighted by Gasteiger charge is -2.31. The summed E-state index contributed by atoms with van der Waals surface area (Å²) >= 11 is 1.26. The number of benzene rings is 2. The standard InChI is InChI=1S/C24H28N6O3S/c1-29-24(26-27-28-29)34-16-22(31)25-19-11-7-18(8-12-19)23(32)30-15-5-3-4-6-21(30)17-9-13-20(33-2)14-10-17/h7-14,21H,3-6,15-16H2,1-2H3,(H,25,31)/t21-/m0/s1. The first-order valence-electron chi connectivity index (χ1n) is 11.2. The zero-order chi connectivity index (χ0) is 23.9. The molecular weight excluding hydrogens is 452 g/mol. The lowest BCUT2D eigenvalue weighted by Crippen LogP contribution is -2.34. The fraction of sp³-hybridized carbons (Fsp3) is 0.375. The number of nitrogens with one attached hydrogen (secondary N) is 1. The Morgan fingerprint density at radius 3 is 2.53 bits per heavy atom. The number of hydrogen-bond acceptors (Lipinski definition) is 7. The van der Waals surface area contributed by atoms with Gasteiger partial charge in [-0.25, -0.2) is 4.68 Å². The Balaban J connectivity index is 1.41. The number of amides is 2. The van der Waals surface area contributed by atoms with E-state index in [0.29, 0.717) is 16.4 Å². The van der Waals surface area contributed by atoms with Crippen molar-refractivity contribution >= 4 is 29.3 Å². The van der Waals surface area contributed by atoms with Crippen molar-refractivity contribution in [2.45, 2.75) is 36.9 Å². The summed E-state index contributed by atoms with van der Waals surface area (Å²) in [6.07, 6.45) is 4.13. The number of carbonyl (C=O) groups is 2. The Kier molecular flexibility index (Phi) is 7.79. The van der Waals surface area contributed by atoms with E-state index in [9.17, 15) is 9.59 Å². The molecule has 1 saturated heterocycles. The molecule has 9 nitrogen and oxygen atoms in total. The molecule has 2 heterocycles. The van der Waals surface area contributed by atoms with Crippen molar-refractivity contribution in [1.82, 2.24) is 25.1 Å². The highest BCUT2D eigenvalue weighted by molar-refractivity contribution is 7.99. The van der Waals surface area contributed by atoms with Crippen molar-refractivity contribution < 1.29 is 14.3 Å². The molecule has 34 heavy (non-hydrogen) atoms. The third kappa shape index (κ3) is 5.74. The van der Waals surface area contributed by atoms with Crippen LogP contribution in [0.5, 0.6) is 5.75 Å². The molecule has 0 spiro atoms. The molecule has 1 aliphatic rings. The van der Waals surface area contributed by atoms with Gasteiger partial charge < -0.3 is 15.0 Å². The van der Waals surface area contributed by atoms with E-state index >= 15 is 0 Å². The number of carbonyl (C=O) groups excluding carboxylic acids is 2. The Bertz CT molecular complexity index is 1120. The van der Waals surface area contributed by atoms with E-state index in [2.05, 4.69) is 20.8 Å². The average molecular weight is 481 g/mol. The highest BCUT2D eigenvalue weighted by Gasteiger charge is 2.27. The van der Waals surface area contributed by atoms with Gasteiger partial charge in [0.05, 0.1) is 18.9 Å². The summed E-state index contributed by atoms with van der Waals surface area (Å²) in [6, 6.07) is 15.1. The van der Waals surface area contributed by atoms with Crippen LogP contribution in [-0.2, 0) is 11.8 Å². The van der Waals surface area contributed by atoms with Crippen LogP contribution in [0.3, 0.4) is 0 Å². The summed E-state index contributed by atoms with van der Waals surface area (Å²) in [5.41, 5.74) is 2.37. The number of nitrogens with zero attached hydrogens (tertiary/aromatic N) is 5. The van der Waals surface area contributed by atoms with Gasteiger partial charge in [-0.1, -0.05) is 36.7 Å². The van der Waals surface area contributed by atoms with Crippen LogP contribution in [-0.4, -0.2) is 56.3 Å². The molecule has 10 heteroatoms. The molecular formula is C24H28N6O3S. The number of likely N-dealkylation sites (tertiary alicyclic amines) is 1. The fourth-order valence-electron chi connectivity index (χ4n) is 4.06. The van der Waals surface area contributed by atoms with Gasteiger partial charge in [-0.2, -0.15) is 0 Å². The predicted molar refractivity (Wildman–Crippen MR) is 130 cm³/mol. The third-order valence-corrected chi connectivity index (χ3v) is 6.85. The zero-order valence-corrected chi connectivity index (χ0v) is 20.1. The molecule has 0 aliphatic carbocycles. The molecule has 1 N–H and O–H groups in total. The van der Waals surface area contributed by atoms with Crippen LogP contribution < -0.4 is 10.1 Å². The van der Waals surface area contributed by atoms with Crippen LogP contribution in [0.25, 0.3) is 0 Å². The number of aryl methyl sites for hydroxylation is 1. The van der Waals surface area contributed by atoms with Crippen LogP contribution >= 0.6 is 11.8 Å². The number of methoxy groups -OCH3 is 1. The molecule has 178 valence electrons. The van der Waals surface area contributed by atoms with E-state index in [-0.39, 0.29) is 23.6 Å². The normalized spacial score (nSPS) is 16.1. The van der Waals surface area contributed by atoms with Crippen molar-refractivity contribution in [3.05, 3.63) is 59.7 Å². The molecule has 1 aromatic heterocycles. The van der Waals surface area contributed by atoms with Crippen LogP contribution in [0, 0.1) is 0 Å². The first-order chi connectivity index (χ1) is 16.5. The molecule has 0 saturated carbocycles. The Morgan fingerprint density at radius 1 is 1.09 bits per heavy atom. The number of thioether (sulfide) groups is 1. The molecule has 1 aliphatic heterocycles. The molecule has 0 bridgehead atoms. The van der Waals surface area contributed by atoms with E-state index in [1.54, 1.807) is 38.4 Å². The second-order valence-electron chi connectivity index (χ2n) is 8.14. The number of rotatable bonds is 7. The van der Waals surface area contributed by atoms with Crippen molar-refractivity contribution in [3.8, 4) is 5.75 Å². The molecule has 1 atom stereocenters. The first kappa shape index (κ1) is 23.7. The summed E-state index contributed by atoms with van der Waals surface area (Å²) in [5, 5.41) is 14.6. The minimum Gasteiger partial charge on any atom is -0.497 e. The van der Waals surface area contributed by atoms with Gasteiger partial charge in [-0.3, -0.25) is 9.59 Å². The average Bonchev–Trinajstić information content (AvgIpc) is 3.12. The number of hydrogen-bond donors (Lipinski definition) is 1. The minimum atomic E-state index is -0.167. The highest BCUT2D eigenvalue weighted by Crippen LogP contribution is 2.32. The summed E-state index contributed by atoms with van der Waals surface area (Å²) < 4.78 is 6.80. The Labute approximate surface area is 202 Å². The smallest absolute Gasteiger partial charge is 0.254 e. The maximum absolute atomic E-state index is 13.4. The highest BCUT2D eigenvalue weighted by atomic mass is 32.2. The summed E-state index contributed by atoms with van der Waals surface area (Å²) in [7, 11) is 3.37. The third-order valence-electron chi connectivity index (χ3n) is 5.84. The van der Waals surface area contributed by atoms with E-state index in [0.717, 1.165) is 43.5 Å². The second kappa shape index (κ2) is 11.1. The lowest BCUT2D eigenvalue weighted by molar-refractivity contribution is -0.113. The largest absolute Gasteiger partial charge is 0.497 e. The quantitative estimate of drug-likeness (QED) is 0.514. The van der Waals surface area contributed by atoms with Crippen molar-refractivity contribution in [1.29, 1.82) is 0 Å². The van der Waals surface area contributed by atoms with Crippen molar-refractivity contribution in [3.63, 3.8) is 0 Å². The molecule has 2 aromatic carbocycles. The maximum atomic E-state index is 13.4. The molecule has 4 rings (SSSR count). The van der Waals surface area contributed by atoms with E-state index < -0.39 is 0 Å². The van der Waals surface area contributed by atoms with E-state index in [1.807, 2.05) is 29.2 Å². The number of anilines is 1. The van der Waals surface area contributed by atoms with Crippen LogP contribution in [0.15, 0.2) is 53.7 Å². The SMILES string of the molecule is COc1ccc([C@@H]2CCCCCN2C(=O)c2ccc(NC(=O)CSc3nnnn3C)cc2)cc1. The van der Waals surface area contributed by atoms with Crippen LogP contribution in [0.2, 0.25) is 0 Å². The van der Waals surface area contributed by atoms with E-state index in [4.69, 9.17) is 4.74 Å². The molecule has 0 unspecified atom stereocenters. The summed E-state index contributed by atoms with van der Waals surface area (Å²) in [5.74, 6) is 0.830. The summed E-state index contributed by atoms with van der Waals surface area (Å²) in [4.78, 5) is 27.7. The monoisotopic (exact) mass is 480 g/mol. The van der Waals surface area contributed by atoms with Gasteiger partial charge in [0.2, 0.25) is 11.1 Å². The van der Waals surface area contributed by atoms with Crippen LogP contribution in [0.1, 0.15) is 47.6 Å². The topological polar surface area (TPSA) is 102 Å². The molecule has 3 aromatic rings. The van der Waals surface area contributed by atoms with Gasteiger partial charge in [0, 0.05) is 24.8 Å². The van der Waals surface area contributed by atoms with Crippen LogP contribution in [0.4, 0.5) is 5.69 Å². The second-order valence-corrected chi connectivity index (χ2v) is 9.08. The van der Waals surface area contributed by atoms with E-state index in [1.165, 1.54) is 16.4 Å². The minimum absolute atomic E-state index is 0.00549. The maximum Gasteiger partial charge on any atom is 0.254 e. The van der Waals surface area contributed by atoms with Gasteiger partial charge >= 0.3 is 0 Å². The van der Waals surface area contributed by atoms with Gasteiger partial charge in [0.15, 0.2) is 0 Å². The lowest BCUT2D eigenvalue weighted by atomic mass is 10.00. The molecule has 1 fully saturated rings. The van der Waals surface area contributed by atoms with Gasteiger partial charge in [-0.05, 0) is 65.2 Å². The van der Waals surface area contributed by atoms with Gasteiger partial charge in [-0.15, -0.1) is 5.10 Å². The number of aromatic nitrogens is 4. The van der Waals surface area contributed by atoms with Gasteiger partial charge in [0.1, 0.15) is 5.75 Å². The predicted octanol–water partition coefficient (Wildman–Crippen LogP) is 3.71. The number of ether oxygens (including phenoxy) is 1. The first-order valence-corrected chi connectivity index (χ1v) is 12.2. The summed E-state index contributed by atoms with van der Waals surface area (Å²) in [6.45, 7) is 0.724. The van der Waals surface area contributed by atoms with Crippen molar-refractivity contribution in [2.75, 3.05) is 24.7 Å². The Morgan fingerprint density at radius 2 is 1.85 bits per heavy atom. The number of tetrazole rings is 1. The molecule has 0 radical (unpaired) electrons. The van der Waals surface area contributed by atoms with Crippen molar-refractivity contribution in [2.24, 2.45) is 7.05 Å². The zero-order valence-electron chi connectivity index (χ0n) is 19.3. The molecule has 2 amide bonds. The Hall–Kier alpha value is -3.40. The fourth-order valence-corrected chi connectivity index (χ4v) is 4.71. The van der Waals surface area contributed by atoms with Gasteiger partial charge in [0.25, 0.3) is 5.91 Å².